The lowest BCUT2D eigenvalue weighted by atomic mass is 9.88. The van der Waals surface area contributed by atoms with E-state index in [1.165, 1.54) is 5.56 Å². The zero-order valence-electron chi connectivity index (χ0n) is 13.4. The predicted octanol–water partition coefficient (Wildman–Crippen LogP) is 2.72. The van der Waals surface area contributed by atoms with Crippen LogP contribution in [0.1, 0.15) is 44.9 Å². The van der Waals surface area contributed by atoms with Crippen molar-refractivity contribution >= 4 is 6.03 Å². The molecular weight excluding hydrogens is 264 g/mol. The Hall–Kier alpha value is -1.55. The van der Waals surface area contributed by atoms with E-state index in [9.17, 15) is 9.90 Å². The van der Waals surface area contributed by atoms with E-state index in [1.807, 2.05) is 25.1 Å². The van der Waals surface area contributed by atoms with Crippen LogP contribution in [0.25, 0.3) is 0 Å². The third-order valence-electron chi connectivity index (χ3n) is 4.49. The fourth-order valence-electron chi connectivity index (χ4n) is 2.58. The largest absolute Gasteiger partial charge is 0.394 e. The molecule has 4 nitrogen and oxygen atoms in total. The highest BCUT2D eigenvalue weighted by molar-refractivity contribution is 5.75. The van der Waals surface area contributed by atoms with Gasteiger partial charge in [-0.3, -0.25) is 0 Å². The molecular formula is C17H26N2O2. The molecule has 0 spiro atoms. The molecule has 21 heavy (non-hydrogen) atoms. The van der Waals surface area contributed by atoms with Crippen LogP contribution in [0.4, 0.5) is 4.79 Å². The summed E-state index contributed by atoms with van der Waals surface area (Å²) in [5.41, 5.74) is 2.30. The molecule has 0 saturated carbocycles. The normalized spacial score (nSPS) is 19.9. The minimum absolute atomic E-state index is 0.0120. The second kappa shape index (κ2) is 6.06. The number of carbonyl (C=O) groups excluding carboxylic acids is 1. The number of aliphatic hydroxyl groups excluding tert-OH is 1. The quantitative estimate of drug-likeness (QED) is 0.880. The third kappa shape index (κ3) is 3.38. The maximum Gasteiger partial charge on any atom is 0.318 e. The van der Waals surface area contributed by atoms with E-state index in [0.717, 1.165) is 12.0 Å². The summed E-state index contributed by atoms with van der Waals surface area (Å²) in [6, 6.07) is 7.77. The third-order valence-corrected chi connectivity index (χ3v) is 4.49. The van der Waals surface area contributed by atoms with Crippen LogP contribution in [-0.2, 0) is 6.42 Å². The van der Waals surface area contributed by atoms with E-state index in [-0.39, 0.29) is 30.1 Å². The number of urea groups is 1. The van der Waals surface area contributed by atoms with Gasteiger partial charge >= 0.3 is 6.03 Å². The molecule has 0 aromatic heterocycles. The SMILES string of the molecule is CC(NC(=O)N1CCc2ccccc2C1CO)C(C)(C)C. The lowest BCUT2D eigenvalue weighted by Gasteiger charge is -2.38. The van der Waals surface area contributed by atoms with Crippen molar-refractivity contribution in [3.05, 3.63) is 35.4 Å². The maximum absolute atomic E-state index is 12.5. The van der Waals surface area contributed by atoms with Crippen LogP contribution >= 0.6 is 0 Å². The summed E-state index contributed by atoms with van der Waals surface area (Å²) in [7, 11) is 0. The summed E-state index contributed by atoms with van der Waals surface area (Å²) in [6.07, 6.45) is 0.837. The van der Waals surface area contributed by atoms with Gasteiger partial charge in [0.15, 0.2) is 0 Å². The van der Waals surface area contributed by atoms with E-state index in [2.05, 4.69) is 32.2 Å². The Labute approximate surface area is 127 Å². The first-order valence-corrected chi connectivity index (χ1v) is 7.60. The number of carbonyl (C=O) groups is 1. The van der Waals surface area contributed by atoms with Crippen LogP contribution < -0.4 is 5.32 Å². The number of rotatable bonds is 2. The van der Waals surface area contributed by atoms with Gasteiger partial charge in [0, 0.05) is 12.6 Å². The molecule has 0 saturated heterocycles. The van der Waals surface area contributed by atoms with Gasteiger partial charge in [0.1, 0.15) is 0 Å². The molecule has 2 rings (SSSR count). The average Bonchev–Trinajstić information content (AvgIpc) is 2.44. The van der Waals surface area contributed by atoms with Crippen LogP contribution in [0.3, 0.4) is 0 Å². The van der Waals surface area contributed by atoms with E-state index < -0.39 is 0 Å². The molecule has 1 aromatic rings. The summed E-state index contributed by atoms with van der Waals surface area (Å²) in [5.74, 6) is 0. The molecule has 0 bridgehead atoms. The van der Waals surface area contributed by atoms with Gasteiger partial charge in [-0.15, -0.1) is 0 Å². The lowest BCUT2D eigenvalue weighted by molar-refractivity contribution is 0.120. The second-order valence-corrected chi connectivity index (χ2v) is 6.88. The molecule has 4 heteroatoms. The summed E-state index contributed by atoms with van der Waals surface area (Å²) in [6.45, 7) is 8.93. The summed E-state index contributed by atoms with van der Waals surface area (Å²) in [4.78, 5) is 14.3. The molecule has 0 fully saturated rings. The molecule has 1 aliphatic heterocycles. The van der Waals surface area contributed by atoms with Crippen molar-refractivity contribution in [3.8, 4) is 0 Å². The van der Waals surface area contributed by atoms with Crippen LogP contribution in [0, 0.1) is 5.41 Å². The maximum atomic E-state index is 12.5. The molecule has 2 atom stereocenters. The standard InChI is InChI=1S/C17H26N2O2/c1-12(17(2,3)4)18-16(21)19-10-9-13-7-5-6-8-14(13)15(19)11-20/h5-8,12,15,20H,9-11H2,1-4H3,(H,18,21). The number of nitrogens with zero attached hydrogens (tertiary/aromatic N) is 1. The fraction of sp³-hybridized carbons (Fsp3) is 0.588. The van der Waals surface area contributed by atoms with Gasteiger partial charge < -0.3 is 15.3 Å². The Morgan fingerprint density at radius 1 is 1.43 bits per heavy atom. The Balaban J connectivity index is 2.16. The van der Waals surface area contributed by atoms with Crippen molar-refractivity contribution in [1.82, 2.24) is 10.2 Å². The Bertz CT molecular complexity index is 508. The van der Waals surface area contributed by atoms with E-state index >= 15 is 0 Å². The Morgan fingerprint density at radius 3 is 2.71 bits per heavy atom. The van der Waals surface area contributed by atoms with Crippen molar-refractivity contribution in [3.63, 3.8) is 0 Å². The van der Waals surface area contributed by atoms with Gasteiger partial charge in [-0.1, -0.05) is 45.0 Å². The topological polar surface area (TPSA) is 52.6 Å². The molecule has 2 N–H and O–H groups in total. The van der Waals surface area contributed by atoms with Crippen LogP contribution in [0.15, 0.2) is 24.3 Å². The smallest absolute Gasteiger partial charge is 0.318 e. The number of fused-ring (bicyclic) bond motifs is 1. The first kappa shape index (κ1) is 15.8. The summed E-state index contributed by atoms with van der Waals surface area (Å²) < 4.78 is 0. The van der Waals surface area contributed by atoms with Gasteiger partial charge in [-0.25, -0.2) is 4.79 Å². The average molecular weight is 290 g/mol. The first-order chi connectivity index (χ1) is 9.84. The van der Waals surface area contributed by atoms with Crippen molar-refractivity contribution in [2.75, 3.05) is 13.2 Å². The van der Waals surface area contributed by atoms with Gasteiger partial charge in [-0.05, 0) is 29.9 Å². The molecule has 1 aliphatic rings. The van der Waals surface area contributed by atoms with Crippen LogP contribution in [0.2, 0.25) is 0 Å². The molecule has 0 radical (unpaired) electrons. The summed E-state index contributed by atoms with van der Waals surface area (Å²) >= 11 is 0. The van der Waals surface area contributed by atoms with Gasteiger partial charge in [0.2, 0.25) is 0 Å². The lowest BCUT2D eigenvalue weighted by Crippen LogP contribution is -2.51. The molecule has 2 amide bonds. The Kier molecular flexibility index (Phi) is 4.57. The van der Waals surface area contributed by atoms with Crippen LogP contribution in [0.5, 0.6) is 0 Å². The van der Waals surface area contributed by atoms with Gasteiger partial charge in [0.05, 0.1) is 12.6 Å². The first-order valence-electron chi connectivity index (χ1n) is 7.60. The monoisotopic (exact) mass is 290 g/mol. The zero-order valence-corrected chi connectivity index (χ0v) is 13.4. The van der Waals surface area contributed by atoms with E-state index in [4.69, 9.17) is 0 Å². The second-order valence-electron chi connectivity index (χ2n) is 6.88. The highest BCUT2D eigenvalue weighted by Crippen LogP contribution is 2.29. The number of benzene rings is 1. The minimum atomic E-state index is -0.248. The minimum Gasteiger partial charge on any atom is -0.394 e. The van der Waals surface area contributed by atoms with Gasteiger partial charge in [-0.2, -0.15) is 0 Å². The Morgan fingerprint density at radius 2 is 2.10 bits per heavy atom. The molecule has 1 heterocycles. The van der Waals surface area contributed by atoms with Crippen molar-refractivity contribution in [2.24, 2.45) is 5.41 Å². The van der Waals surface area contributed by atoms with Crippen molar-refractivity contribution in [2.45, 2.75) is 46.2 Å². The number of hydrogen-bond donors (Lipinski definition) is 2. The number of hydrogen-bond acceptors (Lipinski definition) is 2. The number of amides is 2. The zero-order chi connectivity index (χ0) is 15.6. The summed E-state index contributed by atoms with van der Waals surface area (Å²) in [5, 5.41) is 12.8. The molecule has 116 valence electrons. The van der Waals surface area contributed by atoms with E-state index in [0.29, 0.717) is 6.54 Å². The number of nitrogens with one attached hydrogen (secondary N) is 1. The number of aliphatic hydroxyl groups is 1. The fourth-order valence-corrected chi connectivity index (χ4v) is 2.58. The van der Waals surface area contributed by atoms with Crippen molar-refractivity contribution in [1.29, 1.82) is 0 Å². The highest BCUT2D eigenvalue weighted by atomic mass is 16.3. The molecule has 0 aliphatic carbocycles. The predicted molar refractivity (Wildman–Crippen MR) is 84.1 cm³/mol. The molecule has 1 aromatic carbocycles. The van der Waals surface area contributed by atoms with Crippen LogP contribution in [-0.4, -0.2) is 35.2 Å². The van der Waals surface area contributed by atoms with Crippen molar-refractivity contribution < 1.29 is 9.90 Å². The molecule has 2 unspecified atom stereocenters. The van der Waals surface area contributed by atoms with E-state index in [1.54, 1.807) is 4.90 Å². The highest BCUT2D eigenvalue weighted by Gasteiger charge is 2.32. The van der Waals surface area contributed by atoms with Gasteiger partial charge in [0.25, 0.3) is 0 Å².